The second-order valence-corrected chi connectivity index (χ2v) is 8.51. The van der Waals surface area contributed by atoms with Gasteiger partial charge in [-0.1, -0.05) is 59.2 Å². The van der Waals surface area contributed by atoms with Crippen molar-refractivity contribution in [3.05, 3.63) is 63.7 Å². The van der Waals surface area contributed by atoms with E-state index in [1.165, 1.54) is 11.1 Å². The Kier molecular flexibility index (Phi) is 6.11. The van der Waals surface area contributed by atoms with Gasteiger partial charge in [0.2, 0.25) is 0 Å². The molecular weight excluding hydrogens is 376 g/mol. The van der Waals surface area contributed by atoms with E-state index in [1.54, 1.807) is 30.1 Å². The van der Waals surface area contributed by atoms with Crippen molar-refractivity contribution in [1.82, 2.24) is 5.32 Å². The van der Waals surface area contributed by atoms with Gasteiger partial charge in [-0.05, 0) is 47.1 Å². The number of nitrogens with one attached hydrogen (secondary N) is 1. The van der Waals surface area contributed by atoms with Crippen LogP contribution in [-0.4, -0.2) is 24.8 Å². The van der Waals surface area contributed by atoms with Crippen LogP contribution in [0, 0.1) is 0 Å². The van der Waals surface area contributed by atoms with Gasteiger partial charge in [0, 0.05) is 7.05 Å². The van der Waals surface area contributed by atoms with E-state index in [1.807, 2.05) is 0 Å². The maximum absolute atomic E-state index is 13.6. The van der Waals surface area contributed by atoms with Crippen molar-refractivity contribution in [2.75, 3.05) is 11.9 Å². The molecule has 1 aliphatic rings. The van der Waals surface area contributed by atoms with Crippen LogP contribution in [0.25, 0.3) is 0 Å². The monoisotopic (exact) mass is 406 g/mol. The number of rotatable bonds is 6. The minimum atomic E-state index is -0.513. The zero-order chi connectivity index (χ0) is 22.2. The molecule has 5 nitrogen and oxygen atoms in total. The Hall–Kier alpha value is -2.95. The molecule has 30 heavy (non-hydrogen) atoms. The van der Waals surface area contributed by atoms with E-state index in [-0.39, 0.29) is 28.5 Å². The summed E-state index contributed by atoms with van der Waals surface area (Å²) in [5.41, 5.74) is 5.13. The van der Waals surface area contributed by atoms with Gasteiger partial charge in [0.25, 0.3) is 17.7 Å². The standard InChI is InChI=1S/C25H30N2O3/c1-7-9-18-16(14(2)3)12-13-17(15(4)5)22(18)27(6)25(30)20-11-8-10-19-21(20)24(29)26-23(19)28/h8,10-15H,7,9H2,1-6H3,(H,26,28,29). The van der Waals surface area contributed by atoms with Gasteiger partial charge in [-0.2, -0.15) is 0 Å². The summed E-state index contributed by atoms with van der Waals surface area (Å²) in [5, 5.41) is 2.29. The molecule has 0 saturated heterocycles. The van der Waals surface area contributed by atoms with Crippen molar-refractivity contribution in [2.45, 2.75) is 59.3 Å². The van der Waals surface area contributed by atoms with Crippen LogP contribution in [0.3, 0.4) is 0 Å². The third-order valence-electron chi connectivity index (χ3n) is 5.73. The van der Waals surface area contributed by atoms with Crippen LogP contribution >= 0.6 is 0 Å². The third kappa shape index (κ3) is 3.64. The van der Waals surface area contributed by atoms with Gasteiger partial charge >= 0.3 is 0 Å². The van der Waals surface area contributed by atoms with Crippen molar-refractivity contribution < 1.29 is 14.4 Å². The van der Waals surface area contributed by atoms with Crippen LogP contribution < -0.4 is 10.2 Å². The highest BCUT2D eigenvalue weighted by Gasteiger charge is 2.33. The molecule has 1 N–H and O–H groups in total. The van der Waals surface area contributed by atoms with Gasteiger partial charge in [-0.25, -0.2) is 0 Å². The van der Waals surface area contributed by atoms with E-state index in [9.17, 15) is 14.4 Å². The van der Waals surface area contributed by atoms with E-state index < -0.39 is 11.8 Å². The molecule has 0 spiro atoms. The molecule has 0 radical (unpaired) electrons. The molecule has 3 rings (SSSR count). The van der Waals surface area contributed by atoms with Crippen molar-refractivity contribution in [1.29, 1.82) is 0 Å². The quantitative estimate of drug-likeness (QED) is 0.683. The lowest BCUT2D eigenvalue weighted by Gasteiger charge is -2.29. The highest BCUT2D eigenvalue weighted by Crippen LogP contribution is 2.37. The predicted molar refractivity (Wildman–Crippen MR) is 120 cm³/mol. The molecule has 3 amide bonds. The molecular formula is C25H30N2O3. The zero-order valence-corrected chi connectivity index (χ0v) is 18.6. The van der Waals surface area contributed by atoms with E-state index >= 15 is 0 Å². The Morgan fingerprint density at radius 3 is 2.20 bits per heavy atom. The Morgan fingerprint density at radius 1 is 0.967 bits per heavy atom. The van der Waals surface area contributed by atoms with Crippen molar-refractivity contribution in [2.24, 2.45) is 0 Å². The first-order valence-corrected chi connectivity index (χ1v) is 10.6. The molecule has 0 aromatic heterocycles. The molecule has 2 aromatic rings. The summed E-state index contributed by atoms with van der Waals surface area (Å²) in [6.07, 6.45) is 1.83. The Balaban J connectivity index is 2.19. The van der Waals surface area contributed by atoms with Crippen molar-refractivity contribution >= 4 is 23.4 Å². The first-order valence-electron chi connectivity index (χ1n) is 10.6. The summed E-state index contributed by atoms with van der Waals surface area (Å²) in [7, 11) is 1.76. The molecule has 2 aromatic carbocycles. The third-order valence-corrected chi connectivity index (χ3v) is 5.73. The fraction of sp³-hybridized carbons (Fsp3) is 0.400. The number of imide groups is 1. The largest absolute Gasteiger partial charge is 0.311 e. The number of carbonyl (C=O) groups excluding carboxylic acids is 3. The van der Waals surface area contributed by atoms with Gasteiger partial charge in [-0.15, -0.1) is 0 Å². The smallest absolute Gasteiger partial charge is 0.259 e. The van der Waals surface area contributed by atoms with Crippen LogP contribution in [0.5, 0.6) is 0 Å². The van der Waals surface area contributed by atoms with E-state index in [0.717, 1.165) is 24.1 Å². The number of nitrogens with zero attached hydrogens (tertiary/aromatic N) is 1. The first kappa shape index (κ1) is 21.8. The fourth-order valence-electron chi connectivity index (χ4n) is 4.27. The maximum atomic E-state index is 13.6. The van der Waals surface area contributed by atoms with Gasteiger partial charge in [0.05, 0.1) is 22.4 Å². The molecule has 0 bridgehead atoms. The number of benzene rings is 2. The summed E-state index contributed by atoms with van der Waals surface area (Å²) >= 11 is 0. The second kappa shape index (κ2) is 8.42. The molecule has 1 aliphatic heterocycles. The first-order chi connectivity index (χ1) is 14.2. The number of carbonyl (C=O) groups is 3. The Morgan fingerprint density at radius 2 is 1.60 bits per heavy atom. The lowest BCUT2D eigenvalue weighted by atomic mass is 9.87. The van der Waals surface area contributed by atoms with E-state index in [0.29, 0.717) is 5.92 Å². The minimum absolute atomic E-state index is 0.169. The van der Waals surface area contributed by atoms with Gasteiger partial charge < -0.3 is 4.90 Å². The molecule has 0 unspecified atom stereocenters. The van der Waals surface area contributed by atoms with E-state index in [4.69, 9.17) is 0 Å². The average molecular weight is 407 g/mol. The SMILES string of the molecule is CCCc1c(C(C)C)ccc(C(C)C)c1N(C)C(=O)c1cccc2c1C(=O)NC2=O. The fourth-order valence-corrected chi connectivity index (χ4v) is 4.27. The van der Waals surface area contributed by atoms with Gasteiger partial charge in [0.1, 0.15) is 0 Å². The minimum Gasteiger partial charge on any atom is -0.311 e. The van der Waals surface area contributed by atoms with E-state index in [2.05, 4.69) is 52.1 Å². The number of hydrogen-bond donors (Lipinski definition) is 1. The highest BCUT2D eigenvalue weighted by molar-refractivity contribution is 6.26. The summed E-state index contributed by atoms with van der Waals surface area (Å²) < 4.78 is 0. The van der Waals surface area contributed by atoms with Crippen LogP contribution in [0.15, 0.2) is 30.3 Å². The predicted octanol–water partition coefficient (Wildman–Crippen LogP) is 5.05. The summed E-state index contributed by atoms with van der Waals surface area (Å²) in [6, 6.07) is 9.15. The van der Waals surface area contributed by atoms with Gasteiger partial charge in [0.15, 0.2) is 0 Å². The van der Waals surface area contributed by atoms with Crippen LogP contribution in [0.4, 0.5) is 5.69 Å². The number of amides is 3. The Bertz CT molecular complexity index is 1020. The summed E-state index contributed by atoms with van der Waals surface area (Å²) in [4.78, 5) is 39.7. The van der Waals surface area contributed by atoms with Crippen LogP contribution in [0.1, 0.15) is 101 Å². The molecule has 158 valence electrons. The highest BCUT2D eigenvalue weighted by atomic mass is 16.2. The molecule has 0 aliphatic carbocycles. The molecule has 1 heterocycles. The van der Waals surface area contributed by atoms with Crippen molar-refractivity contribution in [3.63, 3.8) is 0 Å². The number of hydrogen-bond acceptors (Lipinski definition) is 3. The topological polar surface area (TPSA) is 66.5 Å². The summed E-state index contributed by atoms with van der Waals surface area (Å²) in [6.45, 7) is 10.7. The van der Waals surface area contributed by atoms with Crippen LogP contribution in [-0.2, 0) is 6.42 Å². The van der Waals surface area contributed by atoms with Crippen molar-refractivity contribution in [3.8, 4) is 0 Å². The molecule has 0 fully saturated rings. The van der Waals surface area contributed by atoms with Crippen LogP contribution in [0.2, 0.25) is 0 Å². The number of fused-ring (bicyclic) bond motifs is 1. The molecule has 0 atom stereocenters. The lowest BCUT2D eigenvalue weighted by molar-refractivity contribution is 0.0874. The molecule has 0 saturated carbocycles. The molecule has 5 heteroatoms. The zero-order valence-electron chi connectivity index (χ0n) is 18.6. The van der Waals surface area contributed by atoms with Gasteiger partial charge in [-0.3, -0.25) is 19.7 Å². The maximum Gasteiger partial charge on any atom is 0.259 e. The normalized spacial score (nSPS) is 13.1. The summed E-state index contributed by atoms with van der Waals surface area (Å²) in [5.74, 6) is -0.681. The second-order valence-electron chi connectivity index (χ2n) is 8.51. The average Bonchev–Trinajstić information content (AvgIpc) is 3.00. The lowest BCUT2D eigenvalue weighted by Crippen LogP contribution is -2.31. The number of anilines is 1. The Labute approximate surface area is 178 Å².